The topological polar surface area (TPSA) is 87.0 Å². The van der Waals surface area contributed by atoms with E-state index in [0.717, 1.165) is 18.5 Å². The fraction of sp³-hybridized carbons (Fsp3) is 0.476. The Hall–Kier alpha value is -2.46. The van der Waals surface area contributed by atoms with Crippen molar-refractivity contribution in [1.29, 1.82) is 5.26 Å². The molecular formula is C21H26N4O2S. The van der Waals surface area contributed by atoms with E-state index in [-0.39, 0.29) is 28.5 Å². The van der Waals surface area contributed by atoms with Gasteiger partial charge in [-0.3, -0.25) is 0 Å². The van der Waals surface area contributed by atoms with Gasteiger partial charge in [0.1, 0.15) is 6.07 Å². The van der Waals surface area contributed by atoms with Crippen LogP contribution in [0, 0.1) is 17.2 Å². The monoisotopic (exact) mass is 398 g/mol. The van der Waals surface area contributed by atoms with E-state index in [2.05, 4.69) is 31.0 Å². The van der Waals surface area contributed by atoms with Gasteiger partial charge in [-0.05, 0) is 41.0 Å². The number of hydrogen-bond acceptors (Lipinski definition) is 6. The molecule has 28 heavy (non-hydrogen) atoms. The Morgan fingerprint density at radius 2 is 1.86 bits per heavy atom. The van der Waals surface area contributed by atoms with Crippen LogP contribution in [0.1, 0.15) is 44.0 Å². The second kappa shape index (κ2) is 7.88. The first-order valence-electron chi connectivity index (χ1n) is 9.45. The highest BCUT2D eigenvalue weighted by Gasteiger charge is 2.28. The predicted molar refractivity (Wildman–Crippen MR) is 110 cm³/mol. The first-order chi connectivity index (χ1) is 13.2. The highest BCUT2D eigenvalue weighted by Crippen LogP contribution is 2.25. The number of hydrogen-bond donors (Lipinski definition) is 0. The molecule has 0 spiro atoms. The molecule has 1 unspecified atom stereocenters. The maximum atomic E-state index is 12.7. The first kappa shape index (κ1) is 20.3. The molecule has 0 N–H and O–H groups in total. The second-order valence-corrected chi connectivity index (χ2v) is 10.6. The standard InChI is InChI=1S/C21H26N4O2S/c1-21(2,3)18-6-4-16(5-7-18)14-28(26,27)15-17-10-11-25(13-17)20-9-8-19(12-22)23-24-20/h4-9,17H,10-11,13-15H2,1-3H3. The third-order valence-electron chi connectivity index (χ3n) is 5.07. The van der Waals surface area contributed by atoms with Crippen LogP contribution in [0.2, 0.25) is 0 Å². The molecule has 1 fully saturated rings. The van der Waals surface area contributed by atoms with Gasteiger partial charge < -0.3 is 4.90 Å². The fourth-order valence-electron chi connectivity index (χ4n) is 3.50. The van der Waals surface area contributed by atoms with E-state index in [1.54, 1.807) is 12.1 Å². The molecule has 1 saturated heterocycles. The van der Waals surface area contributed by atoms with Gasteiger partial charge in [-0.2, -0.15) is 5.26 Å². The van der Waals surface area contributed by atoms with E-state index >= 15 is 0 Å². The number of anilines is 1. The molecule has 1 aromatic carbocycles. The van der Waals surface area contributed by atoms with E-state index in [4.69, 9.17) is 5.26 Å². The van der Waals surface area contributed by atoms with Gasteiger partial charge in [-0.15, -0.1) is 10.2 Å². The van der Waals surface area contributed by atoms with Crippen molar-refractivity contribution in [2.24, 2.45) is 5.92 Å². The Bertz CT molecular complexity index is 955. The summed E-state index contributed by atoms with van der Waals surface area (Å²) in [4.78, 5) is 2.03. The number of aromatic nitrogens is 2. The highest BCUT2D eigenvalue weighted by molar-refractivity contribution is 7.90. The summed E-state index contributed by atoms with van der Waals surface area (Å²) in [5.41, 5.74) is 2.36. The number of sulfone groups is 1. The fourth-order valence-corrected chi connectivity index (χ4v) is 5.31. The van der Waals surface area contributed by atoms with Crippen LogP contribution in [0.15, 0.2) is 36.4 Å². The summed E-state index contributed by atoms with van der Waals surface area (Å²) in [5, 5.41) is 16.7. The average molecular weight is 399 g/mol. The molecule has 1 aliphatic heterocycles. The van der Waals surface area contributed by atoms with Crippen LogP contribution in [-0.4, -0.2) is 37.5 Å². The predicted octanol–water partition coefficient (Wildman–Crippen LogP) is 3.09. The lowest BCUT2D eigenvalue weighted by Gasteiger charge is -2.19. The van der Waals surface area contributed by atoms with Crippen LogP contribution >= 0.6 is 0 Å². The van der Waals surface area contributed by atoms with Gasteiger partial charge >= 0.3 is 0 Å². The lowest BCUT2D eigenvalue weighted by Crippen LogP contribution is -2.24. The zero-order valence-electron chi connectivity index (χ0n) is 16.6. The van der Waals surface area contributed by atoms with Crippen LogP contribution < -0.4 is 4.90 Å². The van der Waals surface area contributed by atoms with E-state index in [1.807, 2.05) is 35.2 Å². The smallest absolute Gasteiger partial charge is 0.163 e. The Balaban J connectivity index is 1.59. The molecule has 3 rings (SSSR count). The molecule has 1 aromatic heterocycles. The molecule has 1 atom stereocenters. The summed E-state index contributed by atoms with van der Waals surface area (Å²) in [6.07, 6.45) is 0.809. The minimum absolute atomic E-state index is 0.0546. The molecule has 0 amide bonds. The molecule has 7 heteroatoms. The zero-order valence-corrected chi connectivity index (χ0v) is 17.4. The third-order valence-corrected chi connectivity index (χ3v) is 6.82. The first-order valence-corrected chi connectivity index (χ1v) is 11.3. The maximum Gasteiger partial charge on any atom is 0.163 e. The molecule has 0 aliphatic carbocycles. The van der Waals surface area contributed by atoms with Crippen molar-refractivity contribution in [3.63, 3.8) is 0 Å². The zero-order chi connectivity index (χ0) is 20.4. The highest BCUT2D eigenvalue weighted by atomic mass is 32.2. The van der Waals surface area contributed by atoms with Crippen molar-refractivity contribution < 1.29 is 8.42 Å². The van der Waals surface area contributed by atoms with Crippen molar-refractivity contribution in [3.05, 3.63) is 53.2 Å². The molecular weight excluding hydrogens is 372 g/mol. The van der Waals surface area contributed by atoms with Gasteiger partial charge in [-0.1, -0.05) is 45.0 Å². The summed E-state index contributed by atoms with van der Waals surface area (Å²) in [6.45, 7) is 7.82. The molecule has 0 radical (unpaired) electrons. The Morgan fingerprint density at radius 3 is 2.43 bits per heavy atom. The molecule has 2 aromatic rings. The van der Waals surface area contributed by atoms with Gasteiger partial charge in [0.2, 0.25) is 0 Å². The summed E-state index contributed by atoms with van der Waals surface area (Å²) < 4.78 is 25.4. The van der Waals surface area contributed by atoms with Crippen LogP contribution in [0.3, 0.4) is 0 Å². The van der Waals surface area contributed by atoms with Crippen molar-refractivity contribution in [3.8, 4) is 6.07 Å². The van der Waals surface area contributed by atoms with Crippen LogP contribution in [0.25, 0.3) is 0 Å². The van der Waals surface area contributed by atoms with Gasteiger partial charge in [0.25, 0.3) is 0 Å². The third kappa shape index (κ3) is 5.08. The molecule has 148 valence electrons. The van der Waals surface area contributed by atoms with Crippen molar-refractivity contribution in [2.45, 2.75) is 38.4 Å². The van der Waals surface area contributed by atoms with E-state index < -0.39 is 9.84 Å². The van der Waals surface area contributed by atoms with Crippen LogP contribution in [0.4, 0.5) is 5.82 Å². The Morgan fingerprint density at radius 1 is 1.14 bits per heavy atom. The lowest BCUT2D eigenvalue weighted by molar-refractivity contribution is 0.571. The second-order valence-electron chi connectivity index (χ2n) is 8.49. The lowest BCUT2D eigenvalue weighted by atomic mass is 9.87. The van der Waals surface area contributed by atoms with E-state index in [0.29, 0.717) is 12.4 Å². The van der Waals surface area contributed by atoms with Gasteiger partial charge in [0, 0.05) is 13.1 Å². The molecule has 6 nitrogen and oxygen atoms in total. The number of benzene rings is 1. The number of nitrogens with zero attached hydrogens (tertiary/aromatic N) is 4. The SMILES string of the molecule is CC(C)(C)c1ccc(CS(=O)(=O)CC2CCN(c3ccc(C#N)nn3)C2)cc1. The Kier molecular flexibility index (Phi) is 5.71. The number of rotatable bonds is 5. The average Bonchev–Trinajstić information content (AvgIpc) is 3.08. The van der Waals surface area contributed by atoms with Gasteiger partial charge in [0.15, 0.2) is 21.3 Å². The minimum Gasteiger partial charge on any atom is -0.355 e. The van der Waals surface area contributed by atoms with Crippen molar-refractivity contribution in [2.75, 3.05) is 23.7 Å². The van der Waals surface area contributed by atoms with E-state index in [1.165, 1.54) is 5.56 Å². The molecule has 0 bridgehead atoms. The minimum atomic E-state index is -3.19. The summed E-state index contributed by atoms with van der Waals surface area (Å²) in [5.74, 6) is 1.02. The summed E-state index contributed by atoms with van der Waals surface area (Å²) in [6, 6.07) is 13.2. The summed E-state index contributed by atoms with van der Waals surface area (Å²) >= 11 is 0. The van der Waals surface area contributed by atoms with Gasteiger partial charge in [0.05, 0.1) is 11.5 Å². The molecule has 1 aliphatic rings. The normalized spacial score (nSPS) is 17.5. The number of nitriles is 1. The van der Waals surface area contributed by atoms with Crippen LogP contribution in [0.5, 0.6) is 0 Å². The van der Waals surface area contributed by atoms with Crippen LogP contribution in [-0.2, 0) is 21.0 Å². The Labute approximate surface area is 167 Å². The summed E-state index contributed by atoms with van der Waals surface area (Å²) in [7, 11) is -3.19. The van der Waals surface area contributed by atoms with Crippen molar-refractivity contribution in [1.82, 2.24) is 10.2 Å². The van der Waals surface area contributed by atoms with Crippen molar-refractivity contribution >= 4 is 15.7 Å². The molecule has 0 saturated carbocycles. The van der Waals surface area contributed by atoms with E-state index in [9.17, 15) is 8.42 Å². The molecule has 2 heterocycles. The quantitative estimate of drug-likeness (QED) is 0.769. The largest absolute Gasteiger partial charge is 0.355 e. The van der Waals surface area contributed by atoms with Gasteiger partial charge in [-0.25, -0.2) is 8.42 Å². The maximum absolute atomic E-state index is 12.7.